The van der Waals surface area contributed by atoms with Crippen molar-refractivity contribution in [1.82, 2.24) is 9.88 Å². The Labute approximate surface area is 196 Å². The number of nitrogens with one attached hydrogen (secondary N) is 1. The number of pyridine rings is 1. The van der Waals surface area contributed by atoms with Crippen LogP contribution in [0, 0.1) is 15.9 Å². The van der Waals surface area contributed by atoms with Gasteiger partial charge in [-0.25, -0.2) is 14.2 Å². The van der Waals surface area contributed by atoms with E-state index in [1.165, 1.54) is 6.07 Å². The van der Waals surface area contributed by atoms with Gasteiger partial charge in [-0.1, -0.05) is 23.2 Å². The molecule has 1 aromatic carbocycles. The number of carbonyl (C=O) groups is 1. The minimum atomic E-state index is -0.762. The molecule has 1 fully saturated rings. The monoisotopic (exact) mass is 536 g/mol. The van der Waals surface area contributed by atoms with E-state index in [0.717, 1.165) is 0 Å². The number of carbonyl (C=O) groups excluding carboxylic acids is 1. The summed E-state index contributed by atoms with van der Waals surface area (Å²) < 4.78 is 20.1. The van der Waals surface area contributed by atoms with Gasteiger partial charge < -0.3 is 15.0 Å². The van der Waals surface area contributed by atoms with E-state index in [0.29, 0.717) is 25.9 Å². The van der Waals surface area contributed by atoms with Gasteiger partial charge in [0, 0.05) is 24.5 Å². The molecule has 1 saturated heterocycles. The highest BCUT2D eigenvalue weighted by Crippen LogP contribution is 2.42. The summed E-state index contributed by atoms with van der Waals surface area (Å²) in [5.41, 5.74) is -1.15. The lowest BCUT2D eigenvalue weighted by Gasteiger charge is -2.34. The second-order valence-electron chi connectivity index (χ2n) is 8.15. The molecule has 2 aromatic rings. The Balaban J connectivity index is 1.90. The molecule has 168 valence electrons. The number of nitro groups is 1. The molecule has 3 rings (SSSR count). The van der Waals surface area contributed by atoms with Crippen LogP contribution in [0.4, 0.5) is 20.6 Å². The van der Waals surface area contributed by atoms with Crippen molar-refractivity contribution in [1.29, 1.82) is 0 Å². The molecule has 0 aliphatic carbocycles. The third-order valence-corrected chi connectivity index (χ3v) is 6.29. The average Bonchev–Trinajstić information content (AvgIpc) is 2.66. The Hall–Kier alpha value is -1.91. The molecule has 1 aromatic heterocycles. The van der Waals surface area contributed by atoms with Crippen LogP contribution in [0.1, 0.15) is 33.6 Å². The van der Waals surface area contributed by atoms with Crippen molar-refractivity contribution in [3.05, 3.63) is 36.6 Å². The first-order valence-electron chi connectivity index (χ1n) is 9.44. The van der Waals surface area contributed by atoms with Crippen LogP contribution in [0.2, 0.25) is 10.2 Å². The molecule has 1 amide bonds. The van der Waals surface area contributed by atoms with Crippen molar-refractivity contribution >= 4 is 67.5 Å². The molecular formula is C19H20BrCl2FN4O4. The van der Waals surface area contributed by atoms with Crippen molar-refractivity contribution in [2.24, 2.45) is 0 Å². The summed E-state index contributed by atoms with van der Waals surface area (Å²) in [6.07, 6.45) is 0.600. The molecular weight excluding hydrogens is 518 g/mol. The second kappa shape index (κ2) is 8.91. The first-order valence-corrected chi connectivity index (χ1v) is 11.0. The van der Waals surface area contributed by atoms with E-state index in [1.54, 1.807) is 25.7 Å². The highest BCUT2D eigenvalue weighted by atomic mass is 79.9. The smallest absolute Gasteiger partial charge is 0.410 e. The second-order valence-corrected chi connectivity index (χ2v) is 9.71. The largest absolute Gasteiger partial charge is 0.444 e. The maximum Gasteiger partial charge on any atom is 0.410 e. The lowest BCUT2D eigenvalue weighted by atomic mass is 10.0. The van der Waals surface area contributed by atoms with Gasteiger partial charge in [-0.15, -0.1) is 0 Å². The van der Waals surface area contributed by atoms with Gasteiger partial charge in [0.05, 0.1) is 14.4 Å². The van der Waals surface area contributed by atoms with Gasteiger partial charge in [0.15, 0.2) is 5.82 Å². The van der Waals surface area contributed by atoms with Gasteiger partial charge in [0.25, 0.3) is 0 Å². The Morgan fingerprint density at radius 1 is 1.39 bits per heavy atom. The first-order chi connectivity index (χ1) is 14.4. The Morgan fingerprint density at radius 3 is 2.55 bits per heavy atom. The number of aromatic nitrogens is 1. The van der Waals surface area contributed by atoms with Gasteiger partial charge in [-0.05, 0) is 55.6 Å². The zero-order chi connectivity index (χ0) is 23.1. The normalized spacial score (nSPS) is 15.3. The van der Waals surface area contributed by atoms with Crippen molar-refractivity contribution in [2.45, 2.75) is 45.3 Å². The molecule has 0 bridgehead atoms. The van der Waals surface area contributed by atoms with Crippen LogP contribution in [-0.2, 0) is 4.74 Å². The maximum absolute atomic E-state index is 14.7. The van der Waals surface area contributed by atoms with Crippen LogP contribution in [0.15, 0.2) is 10.5 Å². The van der Waals surface area contributed by atoms with Gasteiger partial charge in [-0.2, -0.15) is 0 Å². The summed E-state index contributed by atoms with van der Waals surface area (Å²) in [5, 5.41) is 14.6. The third kappa shape index (κ3) is 5.12. The predicted octanol–water partition coefficient (Wildman–Crippen LogP) is 6.16. The van der Waals surface area contributed by atoms with E-state index < -0.39 is 33.3 Å². The van der Waals surface area contributed by atoms with Gasteiger partial charge >= 0.3 is 11.8 Å². The third-order valence-electron chi connectivity index (χ3n) is 4.73. The lowest BCUT2D eigenvalue weighted by molar-refractivity contribution is -0.384. The summed E-state index contributed by atoms with van der Waals surface area (Å²) in [7, 11) is 0. The van der Waals surface area contributed by atoms with E-state index in [-0.39, 0.29) is 32.1 Å². The van der Waals surface area contributed by atoms with Crippen LogP contribution < -0.4 is 5.32 Å². The first kappa shape index (κ1) is 23.7. The van der Waals surface area contributed by atoms with Crippen molar-refractivity contribution in [2.75, 3.05) is 18.4 Å². The fraction of sp³-hybridized carbons (Fsp3) is 0.474. The zero-order valence-electron chi connectivity index (χ0n) is 17.0. The van der Waals surface area contributed by atoms with Gasteiger partial charge in [0.2, 0.25) is 5.15 Å². The molecule has 0 unspecified atom stereocenters. The zero-order valence-corrected chi connectivity index (χ0v) is 20.1. The van der Waals surface area contributed by atoms with Crippen LogP contribution in [0.3, 0.4) is 0 Å². The number of amides is 1. The van der Waals surface area contributed by atoms with Crippen molar-refractivity contribution in [3.63, 3.8) is 0 Å². The number of hydrogen-bond donors (Lipinski definition) is 1. The number of benzene rings is 1. The number of likely N-dealkylation sites (tertiary alicyclic amines) is 1. The minimum Gasteiger partial charge on any atom is -0.444 e. The molecule has 31 heavy (non-hydrogen) atoms. The fourth-order valence-corrected chi connectivity index (χ4v) is 4.06. The highest BCUT2D eigenvalue weighted by molar-refractivity contribution is 9.10. The van der Waals surface area contributed by atoms with Crippen LogP contribution in [0.5, 0.6) is 0 Å². The molecule has 1 aliphatic heterocycles. The van der Waals surface area contributed by atoms with E-state index in [2.05, 4.69) is 26.2 Å². The number of piperidine rings is 1. The SMILES string of the molecule is CC(C)(C)OC(=O)N1CCC(Nc2c([N+](=O)[O-])c(Cl)nc3c(F)c(Br)c(Cl)cc23)CC1. The predicted molar refractivity (Wildman–Crippen MR) is 121 cm³/mol. The van der Waals surface area contributed by atoms with Gasteiger partial charge in [0.1, 0.15) is 16.8 Å². The number of rotatable bonds is 3. The molecule has 0 radical (unpaired) electrons. The number of ether oxygens (including phenoxy) is 1. The summed E-state index contributed by atoms with van der Waals surface area (Å²) in [6, 6.07) is 1.18. The molecule has 12 heteroatoms. The fourth-order valence-electron chi connectivity index (χ4n) is 3.32. The number of fused-ring (bicyclic) bond motifs is 1. The molecule has 8 nitrogen and oxygen atoms in total. The van der Waals surface area contributed by atoms with Crippen LogP contribution >= 0.6 is 39.1 Å². The molecule has 0 spiro atoms. The van der Waals surface area contributed by atoms with E-state index >= 15 is 0 Å². The summed E-state index contributed by atoms with van der Waals surface area (Å²) in [4.78, 5) is 28.7. The van der Waals surface area contributed by atoms with Crippen LogP contribution in [0.25, 0.3) is 10.9 Å². The molecule has 2 heterocycles. The van der Waals surface area contributed by atoms with Crippen molar-refractivity contribution in [3.8, 4) is 0 Å². The number of nitrogens with zero attached hydrogens (tertiary/aromatic N) is 3. The standard InChI is InChI=1S/C19H20BrCl2FN4O4/c1-19(2,3)31-18(28)26-6-4-9(5-7-26)24-15-10-8-11(21)12(20)13(23)14(10)25-17(22)16(15)27(29)30/h8-9H,4-7H2,1-3H3,(H,24,25). The number of hydrogen-bond acceptors (Lipinski definition) is 6. The Bertz CT molecular complexity index is 1060. The Kier molecular flexibility index (Phi) is 6.83. The quantitative estimate of drug-likeness (QED) is 0.218. The van der Waals surface area contributed by atoms with Crippen LogP contribution in [-0.4, -0.2) is 45.6 Å². The summed E-state index contributed by atoms with van der Waals surface area (Å²) >= 11 is 15.2. The highest BCUT2D eigenvalue weighted by Gasteiger charge is 2.31. The molecule has 1 N–H and O–H groups in total. The van der Waals surface area contributed by atoms with Gasteiger partial charge in [-0.3, -0.25) is 10.1 Å². The summed E-state index contributed by atoms with van der Waals surface area (Å²) in [5.74, 6) is -0.762. The Morgan fingerprint density at radius 2 is 2.00 bits per heavy atom. The molecule has 0 atom stereocenters. The topological polar surface area (TPSA) is 97.6 Å². The average molecular weight is 538 g/mol. The summed E-state index contributed by atoms with van der Waals surface area (Å²) in [6.45, 7) is 6.17. The molecule has 1 aliphatic rings. The molecule has 0 saturated carbocycles. The van der Waals surface area contributed by atoms with E-state index in [4.69, 9.17) is 27.9 Å². The van der Waals surface area contributed by atoms with E-state index in [9.17, 15) is 19.3 Å². The maximum atomic E-state index is 14.7. The minimum absolute atomic E-state index is 0.00398. The number of anilines is 1. The van der Waals surface area contributed by atoms with Crippen molar-refractivity contribution < 1.29 is 18.8 Å². The van der Waals surface area contributed by atoms with E-state index in [1.807, 2.05) is 0 Å². The lowest BCUT2D eigenvalue weighted by Crippen LogP contribution is -2.44. The number of halogens is 4.